The molecule has 6 aromatic carbocycles. The monoisotopic (exact) mass is 639 g/mol. The van der Waals surface area contributed by atoms with Gasteiger partial charge in [0, 0.05) is 34.3 Å². The summed E-state index contributed by atoms with van der Waals surface area (Å²) in [7, 11) is 0. The molecule has 50 heavy (non-hydrogen) atoms. The standard InChI is InChI=1S/C46H29N3O/c1-3-12-35-30(10-1)18-19-32-20-21-33(34-23-25-41-40(29-34)45-42(15-9-27-48-45)49(41)44-17-7-8-26-47-44)28-39(32)38-24-22-31-11-2-4-13-36(31)46(38)50-43-16-6-5-14-37(35)43/h1-29H. The summed E-state index contributed by atoms with van der Waals surface area (Å²) in [5.74, 6) is 2.55. The molecule has 0 N–H and O–H groups in total. The smallest absolute Gasteiger partial charge is 0.143 e. The highest BCUT2D eigenvalue weighted by atomic mass is 16.5. The quantitative estimate of drug-likeness (QED) is 0.189. The molecule has 9 aromatic rings. The first kappa shape index (κ1) is 28.3. The third kappa shape index (κ3) is 4.54. The molecule has 4 heteroatoms. The lowest BCUT2D eigenvalue weighted by Gasteiger charge is -2.18. The highest BCUT2D eigenvalue weighted by Gasteiger charge is 2.20. The second kappa shape index (κ2) is 11.4. The molecule has 0 radical (unpaired) electrons. The Balaban J connectivity index is 1.22. The lowest BCUT2D eigenvalue weighted by atomic mass is 9.91. The Morgan fingerprint density at radius 1 is 0.460 bits per heavy atom. The van der Waals surface area contributed by atoms with Gasteiger partial charge in [-0.3, -0.25) is 9.55 Å². The van der Waals surface area contributed by atoms with E-state index < -0.39 is 0 Å². The highest BCUT2D eigenvalue weighted by molar-refractivity contribution is 6.08. The van der Waals surface area contributed by atoms with Gasteiger partial charge in [0.15, 0.2) is 0 Å². The molecular weight excluding hydrogens is 611 g/mol. The summed E-state index contributed by atoms with van der Waals surface area (Å²) >= 11 is 0. The first-order valence-electron chi connectivity index (χ1n) is 16.8. The van der Waals surface area contributed by atoms with E-state index in [1.54, 1.807) is 0 Å². The van der Waals surface area contributed by atoms with Gasteiger partial charge in [0.05, 0.1) is 16.6 Å². The number of benzene rings is 6. The molecule has 0 spiro atoms. The third-order valence-electron chi connectivity index (χ3n) is 9.75. The highest BCUT2D eigenvalue weighted by Crippen LogP contribution is 2.46. The number of fused-ring (bicyclic) bond motifs is 11. The lowest BCUT2D eigenvalue weighted by molar-refractivity contribution is 0.492. The van der Waals surface area contributed by atoms with E-state index in [4.69, 9.17) is 9.72 Å². The SMILES string of the molecule is C1=Cc2ccc(-c3ccc4c(c3)c3ncccc3n4-c3ccccn3)cc2-c2ccc3ccccc3c2Oc2ccccc2-c2ccccc21. The first-order valence-corrected chi connectivity index (χ1v) is 16.8. The van der Waals surface area contributed by atoms with Crippen molar-refractivity contribution in [1.29, 1.82) is 0 Å². The van der Waals surface area contributed by atoms with Gasteiger partial charge in [-0.25, -0.2) is 4.98 Å². The predicted molar refractivity (Wildman–Crippen MR) is 206 cm³/mol. The maximum absolute atomic E-state index is 7.05. The maximum Gasteiger partial charge on any atom is 0.143 e. The van der Waals surface area contributed by atoms with Gasteiger partial charge in [-0.2, -0.15) is 0 Å². The molecule has 1 aliphatic heterocycles. The Labute approximate surface area is 289 Å². The zero-order valence-corrected chi connectivity index (χ0v) is 27.0. The number of rotatable bonds is 2. The van der Waals surface area contributed by atoms with E-state index in [0.717, 1.165) is 94.5 Å². The minimum atomic E-state index is 0.827. The van der Waals surface area contributed by atoms with Crippen LogP contribution >= 0.6 is 0 Å². The molecule has 4 heterocycles. The fourth-order valence-electron chi connectivity index (χ4n) is 7.38. The summed E-state index contributed by atoms with van der Waals surface area (Å²) < 4.78 is 9.24. The Morgan fingerprint density at radius 2 is 1.22 bits per heavy atom. The maximum atomic E-state index is 7.05. The van der Waals surface area contributed by atoms with Crippen LogP contribution in [0.5, 0.6) is 11.5 Å². The van der Waals surface area contributed by atoms with Gasteiger partial charge < -0.3 is 4.74 Å². The van der Waals surface area contributed by atoms with Gasteiger partial charge in [0.25, 0.3) is 0 Å². The molecule has 1 aliphatic rings. The van der Waals surface area contributed by atoms with Crippen molar-refractivity contribution in [2.24, 2.45) is 0 Å². The lowest BCUT2D eigenvalue weighted by Crippen LogP contribution is -1.96. The predicted octanol–water partition coefficient (Wildman–Crippen LogP) is 12.0. The normalized spacial score (nSPS) is 12.1. The molecule has 0 saturated carbocycles. The van der Waals surface area contributed by atoms with Crippen molar-refractivity contribution in [3.63, 3.8) is 0 Å². The molecular formula is C46H29N3O. The zero-order chi connectivity index (χ0) is 33.0. The van der Waals surface area contributed by atoms with E-state index in [0.29, 0.717) is 0 Å². The van der Waals surface area contributed by atoms with Crippen molar-refractivity contribution < 1.29 is 4.74 Å². The van der Waals surface area contributed by atoms with E-state index >= 15 is 0 Å². The van der Waals surface area contributed by atoms with Gasteiger partial charge in [-0.15, -0.1) is 0 Å². The number of pyridine rings is 2. The van der Waals surface area contributed by atoms with E-state index in [1.165, 1.54) is 0 Å². The summed E-state index contributed by atoms with van der Waals surface area (Å²) in [4.78, 5) is 9.51. The van der Waals surface area contributed by atoms with Crippen molar-refractivity contribution in [2.45, 2.75) is 0 Å². The molecule has 0 atom stereocenters. The average molecular weight is 640 g/mol. The second-order valence-corrected chi connectivity index (χ2v) is 12.6. The van der Waals surface area contributed by atoms with Crippen LogP contribution in [0.4, 0.5) is 0 Å². The Kier molecular flexibility index (Phi) is 6.46. The summed E-state index contributed by atoms with van der Waals surface area (Å²) in [6.07, 6.45) is 8.15. The number of hydrogen-bond acceptors (Lipinski definition) is 3. The first-order chi connectivity index (χ1) is 24.8. The molecule has 0 aliphatic carbocycles. The van der Waals surface area contributed by atoms with Gasteiger partial charge in [0.1, 0.15) is 17.3 Å². The van der Waals surface area contributed by atoms with E-state index in [9.17, 15) is 0 Å². The molecule has 0 amide bonds. The van der Waals surface area contributed by atoms with Crippen LogP contribution < -0.4 is 4.74 Å². The fraction of sp³-hybridized carbons (Fsp3) is 0. The molecule has 3 aromatic heterocycles. The summed E-state index contributed by atoms with van der Waals surface area (Å²) in [6.45, 7) is 0. The summed E-state index contributed by atoms with van der Waals surface area (Å²) in [5.41, 5.74) is 11.9. The Bertz CT molecular complexity index is 2790. The van der Waals surface area contributed by atoms with Crippen molar-refractivity contribution in [3.05, 3.63) is 175 Å². The Hall–Kier alpha value is -6.78. The van der Waals surface area contributed by atoms with Gasteiger partial charge in [-0.1, -0.05) is 109 Å². The summed E-state index contributed by atoms with van der Waals surface area (Å²) in [5, 5.41) is 3.29. The van der Waals surface area contributed by atoms with Crippen molar-refractivity contribution in [1.82, 2.24) is 14.5 Å². The molecule has 0 fully saturated rings. The number of nitrogens with zero attached hydrogens (tertiary/aromatic N) is 3. The number of hydrogen-bond donors (Lipinski definition) is 0. The van der Waals surface area contributed by atoms with Crippen LogP contribution in [0.1, 0.15) is 11.1 Å². The van der Waals surface area contributed by atoms with E-state index in [1.807, 2.05) is 42.7 Å². The van der Waals surface area contributed by atoms with Crippen LogP contribution in [-0.4, -0.2) is 14.5 Å². The van der Waals surface area contributed by atoms with Crippen LogP contribution in [0.2, 0.25) is 0 Å². The third-order valence-corrected chi connectivity index (χ3v) is 9.75. The minimum Gasteiger partial charge on any atom is -0.455 e. The second-order valence-electron chi connectivity index (χ2n) is 12.6. The van der Waals surface area contributed by atoms with Gasteiger partial charge >= 0.3 is 0 Å². The zero-order valence-electron chi connectivity index (χ0n) is 27.0. The molecule has 0 bridgehead atoms. The number of ether oxygens (including phenoxy) is 1. The molecule has 0 saturated heterocycles. The average Bonchev–Trinajstić information content (AvgIpc) is 3.50. The van der Waals surface area contributed by atoms with Crippen LogP contribution in [0, 0.1) is 0 Å². The van der Waals surface area contributed by atoms with E-state index in [-0.39, 0.29) is 0 Å². The molecule has 0 unspecified atom stereocenters. The minimum absolute atomic E-state index is 0.827. The van der Waals surface area contributed by atoms with E-state index in [2.05, 4.69) is 143 Å². The summed E-state index contributed by atoms with van der Waals surface area (Å²) in [6, 6.07) is 53.2. The Morgan fingerprint density at radius 3 is 2.14 bits per heavy atom. The van der Waals surface area contributed by atoms with Crippen molar-refractivity contribution >= 4 is 44.9 Å². The number of para-hydroxylation sites is 1. The molecule has 4 nitrogen and oxygen atoms in total. The topological polar surface area (TPSA) is 39.9 Å². The van der Waals surface area contributed by atoms with Crippen LogP contribution in [0.15, 0.2) is 164 Å². The van der Waals surface area contributed by atoms with Gasteiger partial charge in [-0.05, 0) is 93.4 Å². The molecule has 234 valence electrons. The van der Waals surface area contributed by atoms with Gasteiger partial charge in [0.2, 0.25) is 0 Å². The van der Waals surface area contributed by atoms with Crippen LogP contribution in [-0.2, 0) is 0 Å². The van der Waals surface area contributed by atoms with Crippen LogP contribution in [0.25, 0.3) is 84.1 Å². The largest absolute Gasteiger partial charge is 0.455 e. The fourth-order valence-corrected chi connectivity index (χ4v) is 7.38. The van der Waals surface area contributed by atoms with Crippen LogP contribution in [0.3, 0.4) is 0 Å². The molecule has 10 rings (SSSR count). The number of aromatic nitrogens is 3. The van der Waals surface area contributed by atoms with Crippen molar-refractivity contribution in [2.75, 3.05) is 0 Å². The van der Waals surface area contributed by atoms with Crippen molar-refractivity contribution in [3.8, 4) is 50.7 Å².